The molecule has 1 aromatic rings. The Morgan fingerprint density at radius 2 is 2.12 bits per heavy atom. The average Bonchev–Trinajstić information content (AvgIpc) is 2.30. The van der Waals surface area contributed by atoms with Gasteiger partial charge in [0.2, 0.25) is 0 Å². The monoisotopic (exact) mass is 238 g/mol. The van der Waals surface area contributed by atoms with Crippen molar-refractivity contribution in [2.24, 2.45) is 0 Å². The summed E-state index contributed by atoms with van der Waals surface area (Å²) in [6.45, 7) is 2.95. The van der Waals surface area contributed by atoms with Gasteiger partial charge in [0.05, 0.1) is 13.0 Å². The molecular weight excluding hydrogens is 220 g/mol. The molecule has 1 aromatic carbocycles. The molecule has 4 heteroatoms. The van der Waals surface area contributed by atoms with Gasteiger partial charge in [-0.15, -0.1) is 0 Å². The summed E-state index contributed by atoms with van der Waals surface area (Å²) >= 11 is 0. The second-order valence-electron chi connectivity index (χ2n) is 3.71. The fourth-order valence-electron chi connectivity index (χ4n) is 1.53. The standard InChI is InChI=1S/C13H18O4/c1-3-10-4-5-12(17-7-6-16-2)11(8-10)9-13(14)15/h4-5,8H,3,6-7,9H2,1-2H3,(H,14,15). The zero-order valence-corrected chi connectivity index (χ0v) is 10.2. The van der Waals surface area contributed by atoms with Crippen LogP contribution >= 0.6 is 0 Å². The van der Waals surface area contributed by atoms with Crippen molar-refractivity contribution in [2.45, 2.75) is 19.8 Å². The molecule has 0 bridgehead atoms. The molecule has 0 spiro atoms. The molecule has 1 N–H and O–H groups in total. The molecule has 0 aliphatic carbocycles. The zero-order chi connectivity index (χ0) is 12.7. The van der Waals surface area contributed by atoms with Crippen molar-refractivity contribution in [3.05, 3.63) is 29.3 Å². The van der Waals surface area contributed by atoms with Crippen molar-refractivity contribution in [3.63, 3.8) is 0 Å². The number of rotatable bonds is 7. The Morgan fingerprint density at radius 1 is 1.35 bits per heavy atom. The van der Waals surface area contributed by atoms with Crippen LogP contribution in [0.5, 0.6) is 5.75 Å². The summed E-state index contributed by atoms with van der Waals surface area (Å²) in [6.07, 6.45) is 0.862. The lowest BCUT2D eigenvalue weighted by molar-refractivity contribution is -0.136. The predicted molar refractivity (Wildman–Crippen MR) is 64.5 cm³/mol. The quantitative estimate of drug-likeness (QED) is 0.737. The summed E-state index contributed by atoms with van der Waals surface area (Å²) in [5.74, 6) is -0.225. The molecule has 0 fully saturated rings. The summed E-state index contributed by atoms with van der Waals surface area (Å²) in [5, 5.41) is 8.85. The molecule has 0 saturated carbocycles. The maximum Gasteiger partial charge on any atom is 0.307 e. The van der Waals surface area contributed by atoms with Crippen LogP contribution in [0.25, 0.3) is 0 Å². The summed E-state index contributed by atoms with van der Waals surface area (Å²) in [4.78, 5) is 10.8. The first-order chi connectivity index (χ1) is 8.17. The smallest absolute Gasteiger partial charge is 0.307 e. The number of ether oxygens (including phenoxy) is 2. The Labute approximate surface area is 101 Å². The van der Waals surface area contributed by atoms with Crippen LogP contribution < -0.4 is 4.74 Å². The van der Waals surface area contributed by atoms with Gasteiger partial charge in [-0.3, -0.25) is 4.79 Å². The van der Waals surface area contributed by atoms with E-state index in [1.165, 1.54) is 0 Å². The second kappa shape index (κ2) is 6.91. The van der Waals surface area contributed by atoms with Crippen LogP contribution in [-0.4, -0.2) is 31.4 Å². The number of aryl methyl sites for hydroxylation is 1. The molecule has 0 radical (unpaired) electrons. The van der Waals surface area contributed by atoms with Crippen LogP contribution in [0.15, 0.2) is 18.2 Å². The number of carboxylic acid groups (broad SMARTS) is 1. The van der Waals surface area contributed by atoms with Crippen LogP contribution in [0.4, 0.5) is 0 Å². The van der Waals surface area contributed by atoms with Gasteiger partial charge in [-0.2, -0.15) is 0 Å². The summed E-state index contributed by atoms with van der Waals surface area (Å²) in [7, 11) is 1.60. The maximum absolute atomic E-state index is 10.8. The van der Waals surface area contributed by atoms with Gasteiger partial charge >= 0.3 is 5.97 Å². The number of carbonyl (C=O) groups is 1. The molecular formula is C13H18O4. The Kier molecular flexibility index (Phi) is 5.49. The van der Waals surface area contributed by atoms with Crippen LogP contribution in [0, 0.1) is 0 Å². The number of hydrogen-bond acceptors (Lipinski definition) is 3. The van der Waals surface area contributed by atoms with E-state index in [9.17, 15) is 4.79 Å². The third-order valence-electron chi connectivity index (χ3n) is 2.42. The van der Waals surface area contributed by atoms with Crippen molar-refractivity contribution in [3.8, 4) is 5.75 Å². The topological polar surface area (TPSA) is 55.8 Å². The van der Waals surface area contributed by atoms with E-state index >= 15 is 0 Å². The SMILES string of the molecule is CCc1ccc(OCCOC)c(CC(=O)O)c1. The number of hydrogen-bond donors (Lipinski definition) is 1. The van der Waals surface area contributed by atoms with Gasteiger partial charge in [0.1, 0.15) is 12.4 Å². The van der Waals surface area contributed by atoms with Crippen LogP contribution in [0.2, 0.25) is 0 Å². The highest BCUT2D eigenvalue weighted by Crippen LogP contribution is 2.21. The van der Waals surface area contributed by atoms with Crippen molar-refractivity contribution < 1.29 is 19.4 Å². The van der Waals surface area contributed by atoms with E-state index in [4.69, 9.17) is 14.6 Å². The molecule has 4 nitrogen and oxygen atoms in total. The highest BCUT2D eigenvalue weighted by atomic mass is 16.5. The van der Waals surface area contributed by atoms with Gasteiger partial charge in [0.15, 0.2) is 0 Å². The second-order valence-corrected chi connectivity index (χ2v) is 3.71. The molecule has 1 rings (SSSR count). The Morgan fingerprint density at radius 3 is 2.71 bits per heavy atom. The third-order valence-corrected chi connectivity index (χ3v) is 2.42. The predicted octanol–water partition coefficient (Wildman–Crippen LogP) is 1.90. The van der Waals surface area contributed by atoms with Crippen LogP contribution in [-0.2, 0) is 22.4 Å². The van der Waals surface area contributed by atoms with E-state index in [0.717, 1.165) is 12.0 Å². The molecule has 0 aliphatic rings. The first kappa shape index (κ1) is 13.5. The van der Waals surface area contributed by atoms with Crippen LogP contribution in [0.3, 0.4) is 0 Å². The largest absolute Gasteiger partial charge is 0.491 e. The van der Waals surface area contributed by atoms with Crippen molar-refractivity contribution >= 4 is 5.97 Å². The van der Waals surface area contributed by atoms with Crippen molar-refractivity contribution in [1.29, 1.82) is 0 Å². The normalized spacial score (nSPS) is 10.2. The molecule has 17 heavy (non-hydrogen) atoms. The van der Waals surface area contributed by atoms with E-state index < -0.39 is 5.97 Å². The van der Waals surface area contributed by atoms with Crippen molar-refractivity contribution in [2.75, 3.05) is 20.3 Å². The molecule has 0 heterocycles. The third kappa shape index (κ3) is 4.44. The highest BCUT2D eigenvalue weighted by Gasteiger charge is 2.08. The summed E-state index contributed by atoms with van der Waals surface area (Å²) in [5.41, 5.74) is 1.83. The lowest BCUT2D eigenvalue weighted by Gasteiger charge is -2.11. The van der Waals surface area contributed by atoms with Gasteiger partial charge in [0, 0.05) is 12.7 Å². The van der Waals surface area contributed by atoms with E-state index in [2.05, 4.69) is 0 Å². The zero-order valence-electron chi connectivity index (χ0n) is 10.2. The summed E-state index contributed by atoms with van der Waals surface area (Å²) in [6, 6.07) is 5.66. The lowest BCUT2D eigenvalue weighted by Crippen LogP contribution is -2.08. The van der Waals surface area contributed by atoms with Gasteiger partial charge < -0.3 is 14.6 Å². The minimum Gasteiger partial charge on any atom is -0.491 e. The summed E-state index contributed by atoms with van der Waals surface area (Å²) < 4.78 is 10.4. The van der Waals surface area contributed by atoms with Gasteiger partial charge in [-0.05, 0) is 18.1 Å². The van der Waals surface area contributed by atoms with Gasteiger partial charge in [-0.25, -0.2) is 0 Å². The van der Waals surface area contributed by atoms with Gasteiger partial charge in [0.25, 0.3) is 0 Å². The average molecular weight is 238 g/mol. The number of methoxy groups -OCH3 is 1. The van der Waals surface area contributed by atoms with Crippen molar-refractivity contribution in [1.82, 2.24) is 0 Å². The molecule has 0 saturated heterocycles. The number of aliphatic carboxylic acids is 1. The molecule has 0 unspecified atom stereocenters. The molecule has 0 amide bonds. The minimum absolute atomic E-state index is 0.0177. The first-order valence-electron chi connectivity index (χ1n) is 5.62. The number of benzene rings is 1. The van der Waals surface area contributed by atoms with E-state index in [-0.39, 0.29) is 6.42 Å². The van der Waals surface area contributed by atoms with Crippen LogP contribution in [0.1, 0.15) is 18.1 Å². The maximum atomic E-state index is 10.8. The molecule has 0 aliphatic heterocycles. The molecule has 94 valence electrons. The van der Waals surface area contributed by atoms with E-state index in [1.54, 1.807) is 7.11 Å². The Bertz CT molecular complexity index is 374. The Balaban J connectivity index is 2.81. The fraction of sp³-hybridized carbons (Fsp3) is 0.462. The minimum atomic E-state index is -0.852. The molecule has 0 atom stereocenters. The molecule has 0 aromatic heterocycles. The van der Waals surface area contributed by atoms with Gasteiger partial charge in [-0.1, -0.05) is 19.1 Å². The lowest BCUT2D eigenvalue weighted by atomic mass is 10.1. The Hall–Kier alpha value is -1.55. The van der Waals surface area contributed by atoms with E-state index in [0.29, 0.717) is 24.5 Å². The highest BCUT2D eigenvalue weighted by molar-refractivity contribution is 5.71. The van der Waals surface area contributed by atoms with E-state index in [1.807, 2.05) is 25.1 Å². The number of carboxylic acids is 1. The first-order valence-corrected chi connectivity index (χ1v) is 5.62. The fourth-order valence-corrected chi connectivity index (χ4v) is 1.53.